The summed E-state index contributed by atoms with van der Waals surface area (Å²) >= 11 is 5.94. The van der Waals surface area contributed by atoms with Crippen molar-refractivity contribution in [1.29, 1.82) is 0 Å². The van der Waals surface area contributed by atoms with Crippen LogP contribution < -0.4 is 11.1 Å². The van der Waals surface area contributed by atoms with Gasteiger partial charge in [-0.2, -0.15) is 0 Å². The number of amides is 4. The number of carbonyl (C=O) groups is 2. The number of halogens is 1. The molecule has 0 bridgehead atoms. The molecule has 16 heavy (non-hydrogen) atoms. The van der Waals surface area contributed by atoms with E-state index in [1.165, 1.54) is 7.05 Å². The van der Waals surface area contributed by atoms with E-state index in [0.29, 0.717) is 6.54 Å². The maximum Gasteiger partial charge on any atom is 0.325 e. The van der Waals surface area contributed by atoms with E-state index in [1.807, 2.05) is 6.08 Å². The smallest absolute Gasteiger partial charge is 0.325 e. The van der Waals surface area contributed by atoms with Gasteiger partial charge < -0.3 is 11.1 Å². The highest BCUT2D eigenvalue weighted by molar-refractivity contribution is 6.20. The number of hydrogen-bond donors (Lipinski definition) is 2. The molecule has 0 aromatic rings. The van der Waals surface area contributed by atoms with Crippen molar-refractivity contribution in [3.63, 3.8) is 0 Å². The van der Waals surface area contributed by atoms with E-state index >= 15 is 0 Å². The van der Waals surface area contributed by atoms with Crippen molar-refractivity contribution in [2.45, 2.75) is 24.6 Å². The van der Waals surface area contributed by atoms with Crippen molar-refractivity contribution in [3.05, 3.63) is 11.6 Å². The van der Waals surface area contributed by atoms with Crippen LogP contribution in [0.25, 0.3) is 0 Å². The maximum atomic E-state index is 11.4. The second kappa shape index (κ2) is 5.75. The van der Waals surface area contributed by atoms with Crippen molar-refractivity contribution in [2.75, 3.05) is 13.6 Å². The SMILES string of the molecule is CN(C(N)=O)C(=O)NCC1=CCC(Cl)CC1. The summed E-state index contributed by atoms with van der Waals surface area (Å²) in [5.74, 6) is 0. The Labute approximate surface area is 99.6 Å². The first-order valence-corrected chi connectivity index (χ1v) is 5.57. The van der Waals surface area contributed by atoms with Gasteiger partial charge in [-0.1, -0.05) is 11.6 Å². The highest BCUT2D eigenvalue weighted by atomic mass is 35.5. The fourth-order valence-corrected chi connectivity index (χ4v) is 1.62. The molecule has 0 radical (unpaired) electrons. The van der Waals surface area contributed by atoms with Gasteiger partial charge in [0.05, 0.1) is 0 Å². The van der Waals surface area contributed by atoms with E-state index in [9.17, 15) is 9.59 Å². The van der Waals surface area contributed by atoms with E-state index in [4.69, 9.17) is 17.3 Å². The molecule has 0 fully saturated rings. The topological polar surface area (TPSA) is 75.4 Å². The lowest BCUT2D eigenvalue weighted by molar-refractivity contribution is 0.200. The molecule has 0 aliphatic heterocycles. The van der Waals surface area contributed by atoms with E-state index in [1.54, 1.807) is 0 Å². The van der Waals surface area contributed by atoms with Crippen molar-refractivity contribution in [1.82, 2.24) is 10.2 Å². The number of carbonyl (C=O) groups excluding carboxylic acids is 2. The largest absolute Gasteiger partial charge is 0.351 e. The second-order valence-corrected chi connectivity index (χ2v) is 4.41. The minimum Gasteiger partial charge on any atom is -0.351 e. The third kappa shape index (κ3) is 3.73. The molecule has 1 rings (SSSR count). The molecular weight excluding hydrogens is 230 g/mol. The Morgan fingerprint density at radius 1 is 1.69 bits per heavy atom. The van der Waals surface area contributed by atoms with Crippen LogP contribution in [0.5, 0.6) is 0 Å². The summed E-state index contributed by atoms with van der Waals surface area (Å²) in [6.07, 6.45) is 4.67. The molecule has 0 heterocycles. The molecular formula is C10H16ClN3O2. The van der Waals surface area contributed by atoms with Crippen molar-refractivity contribution < 1.29 is 9.59 Å². The molecule has 90 valence electrons. The Bertz CT molecular complexity index is 317. The Morgan fingerprint density at radius 2 is 2.38 bits per heavy atom. The third-order valence-corrected chi connectivity index (χ3v) is 2.94. The van der Waals surface area contributed by atoms with E-state index in [0.717, 1.165) is 29.7 Å². The molecule has 6 heteroatoms. The van der Waals surface area contributed by atoms with Gasteiger partial charge in [-0.25, -0.2) is 14.5 Å². The first-order chi connectivity index (χ1) is 7.50. The van der Waals surface area contributed by atoms with Gasteiger partial charge >= 0.3 is 12.1 Å². The summed E-state index contributed by atoms with van der Waals surface area (Å²) in [5.41, 5.74) is 6.10. The molecule has 5 nitrogen and oxygen atoms in total. The number of imide groups is 1. The van der Waals surface area contributed by atoms with Crippen LogP contribution in [-0.2, 0) is 0 Å². The van der Waals surface area contributed by atoms with Gasteiger partial charge in [0.1, 0.15) is 0 Å². The normalized spacial score (nSPS) is 19.9. The van der Waals surface area contributed by atoms with E-state index in [2.05, 4.69) is 5.32 Å². The number of nitrogens with zero attached hydrogens (tertiary/aromatic N) is 1. The van der Waals surface area contributed by atoms with E-state index < -0.39 is 12.1 Å². The molecule has 1 aliphatic rings. The first kappa shape index (κ1) is 12.8. The highest BCUT2D eigenvalue weighted by Crippen LogP contribution is 2.21. The molecule has 1 aliphatic carbocycles. The first-order valence-electron chi connectivity index (χ1n) is 5.13. The highest BCUT2D eigenvalue weighted by Gasteiger charge is 2.15. The average molecular weight is 246 g/mol. The fraction of sp³-hybridized carbons (Fsp3) is 0.600. The summed E-state index contributed by atoms with van der Waals surface area (Å²) in [4.78, 5) is 22.9. The van der Waals surface area contributed by atoms with Gasteiger partial charge in [-0.3, -0.25) is 0 Å². The molecule has 0 saturated heterocycles. The number of primary amides is 1. The van der Waals surface area contributed by atoms with Crippen LogP contribution in [0.15, 0.2) is 11.6 Å². The zero-order chi connectivity index (χ0) is 12.1. The average Bonchev–Trinajstić information content (AvgIpc) is 2.26. The summed E-state index contributed by atoms with van der Waals surface area (Å²) in [5, 5.41) is 2.82. The zero-order valence-corrected chi connectivity index (χ0v) is 9.96. The Kier molecular flexibility index (Phi) is 4.61. The standard InChI is InChI=1S/C10H16ClN3O2/c1-14(9(12)15)10(16)13-6-7-2-4-8(11)5-3-7/h2,8H,3-6H2,1H3,(H2,12,15)(H,13,16). The second-order valence-electron chi connectivity index (χ2n) is 3.79. The molecule has 0 aromatic heterocycles. The van der Waals surface area contributed by atoms with Crippen LogP contribution in [0.1, 0.15) is 19.3 Å². The molecule has 1 atom stereocenters. The number of allylic oxidation sites excluding steroid dienone is 1. The monoisotopic (exact) mass is 245 g/mol. The maximum absolute atomic E-state index is 11.4. The van der Waals surface area contributed by atoms with Crippen LogP contribution in [0.3, 0.4) is 0 Å². The van der Waals surface area contributed by atoms with Crippen LogP contribution in [0.4, 0.5) is 9.59 Å². The quantitative estimate of drug-likeness (QED) is 0.570. The Hall–Kier alpha value is -1.23. The number of hydrogen-bond acceptors (Lipinski definition) is 2. The third-order valence-electron chi connectivity index (χ3n) is 2.54. The minimum absolute atomic E-state index is 0.202. The van der Waals surface area contributed by atoms with Gasteiger partial charge in [0.15, 0.2) is 0 Å². The lowest BCUT2D eigenvalue weighted by Gasteiger charge is -2.18. The number of alkyl halides is 1. The summed E-state index contributed by atoms with van der Waals surface area (Å²) in [6, 6.07) is -1.25. The fourth-order valence-electron chi connectivity index (χ4n) is 1.42. The number of rotatable bonds is 2. The van der Waals surface area contributed by atoms with Gasteiger partial charge in [0.2, 0.25) is 0 Å². The molecule has 0 aromatic carbocycles. The Balaban J connectivity index is 2.35. The van der Waals surface area contributed by atoms with Crippen molar-refractivity contribution in [3.8, 4) is 0 Å². The van der Waals surface area contributed by atoms with Crippen LogP contribution in [-0.4, -0.2) is 35.9 Å². The molecule has 1 unspecified atom stereocenters. The predicted molar refractivity (Wildman–Crippen MR) is 62.3 cm³/mol. The lowest BCUT2D eigenvalue weighted by atomic mass is 9.99. The molecule has 0 spiro atoms. The molecule has 0 saturated carbocycles. The van der Waals surface area contributed by atoms with Gasteiger partial charge in [0, 0.05) is 19.0 Å². The van der Waals surface area contributed by atoms with Gasteiger partial charge in [-0.05, 0) is 19.3 Å². The molecule has 3 N–H and O–H groups in total. The van der Waals surface area contributed by atoms with E-state index in [-0.39, 0.29) is 5.38 Å². The van der Waals surface area contributed by atoms with Gasteiger partial charge in [0.25, 0.3) is 0 Å². The minimum atomic E-state index is -0.768. The molecule has 4 amide bonds. The number of nitrogens with two attached hydrogens (primary N) is 1. The summed E-state index contributed by atoms with van der Waals surface area (Å²) in [6.45, 7) is 0.445. The van der Waals surface area contributed by atoms with Gasteiger partial charge in [-0.15, -0.1) is 11.6 Å². The van der Waals surface area contributed by atoms with Crippen LogP contribution in [0, 0.1) is 0 Å². The lowest BCUT2D eigenvalue weighted by Crippen LogP contribution is -2.44. The summed E-state index contributed by atoms with van der Waals surface area (Å²) in [7, 11) is 1.34. The number of urea groups is 2. The van der Waals surface area contributed by atoms with Crippen molar-refractivity contribution in [2.24, 2.45) is 5.73 Å². The predicted octanol–water partition coefficient (Wildman–Crippen LogP) is 1.42. The van der Waals surface area contributed by atoms with Crippen LogP contribution >= 0.6 is 11.6 Å². The zero-order valence-electron chi connectivity index (χ0n) is 9.20. The summed E-state index contributed by atoms with van der Waals surface area (Å²) < 4.78 is 0. The Morgan fingerprint density at radius 3 is 2.88 bits per heavy atom. The van der Waals surface area contributed by atoms with Crippen molar-refractivity contribution >= 4 is 23.7 Å². The van der Waals surface area contributed by atoms with Crippen LogP contribution in [0.2, 0.25) is 0 Å². The number of nitrogens with one attached hydrogen (secondary N) is 1.